The van der Waals surface area contributed by atoms with Crippen LogP contribution in [0.3, 0.4) is 0 Å². The largest absolute Gasteiger partial charge is 0.415 e. The molecule has 0 saturated heterocycles. The number of aryl methyl sites for hydroxylation is 10. The highest BCUT2D eigenvalue weighted by Gasteiger charge is 2.28. The van der Waals surface area contributed by atoms with E-state index in [0.717, 1.165) is 121 Å². The number of benzene rings is 8. The second-order valence-electron chi connectivity index (χ2n) is 17.0. The molecule has 6 heteroatoms. The molecule has 0 spiro atoms. The lowest BCUT2D eigenvalue weighted by Crippen LogP contribution is -1.93. The molecule has 8 aromatic carbocycles. The van der Waals surface area contributed by atoms with Crippen molar-refractivity contribution in [3.05, 3.63) is 165 Å². The summed E-state index contributed by atoms with van der Waals surface area (Å²) in [5, 5.41) is 10.9. The monoisotopic (exact) mass is 822 g/mol. The van der Waals surface area contributed by atoms with E-state index >= 15 is 0 Å². The Labute approximate surface area is 352 Å². The summed E-state index contributed by atoms with van der Waals surface area (Å²) < 4.78 is 29.5. The normalized spacial score (nSPS) is 11.8. The number of fused-ring (bicyclic) bond motifs is 8. The van der Waals surface area contributed by atoms with Crippen LogP contribution < -0.4 is 0 Å². The average Bonchev–Trinajstić information content (AvgIpc) is 3.46. The van der Waals surface area contributed by atoms with Crippen LogP contribution in [-0.4, -0.2) is 0 Å². The van der Waals surface area contributed by atoms with Crippen LogP contribution in [0.2, 0.25) is 0 Å². The highest BCUT2D eigenvalue weighted by molar-refractivity contribution is 7.47. The molecule has 0 aliphatic carbocycles. The van der Waals surface area contributed by atoms with Crippen molar-refractivity contribution in [2.75, 3.05) is 0 Å². The Morgan fingerprint density at radius 2 is 0.583 bits per heavy atom. The molecule has 0 N–H and O–H groups in total. The van der Waals surface area contributed by atoms with E-state index in [1.54, 1.807) is 0 Å². The Morgan fingerprint density at radius 1 is 0.300 bits per heavy atom. The van der Waals surface area contributed by atoms with Crippen molar-refractivity contribution in [1.82, 2.24) is 0 Å². The van der Waals surface area contributed by atoms with Crippen molar-refractivity contribution in [2.45, 2.75) is 69.2 Å². The highest BCUT2D eigenvalue weighted by Crippen LogP contribution is 2.58. The fourth-order valence-corrected chi connectivity index (χ4v) is 13.2. The van der Waals surface area contributed by atoms with Gasteiger partial charge in [0.2, 0.25) is 0 Å². The molecular formula is C54H48O4P2. The van der Waals surface area contributed by atoms with Crippen LogP contribution >= 0.6 is 16.0 Å². The van der Waals surface area contributed by atoms with Gasteiger partial charge in [-0.25, -0.2) is 0 Å². The SMILES string of the molecule is Cc1cc(C)c2op(-c3c(C)cc4ccccc4c3-c3c(-p4oc5c(C)cc(C)cc5c5cc(C)cc(C)c5o4)c(C)cc4ccccc34)oc3c(C)cc(C)cc3c2c1. The van der Waals surface area contributed by atoms with E-state index in [9.17, 15) is 0 Å². The number of hydrogen-bond donors (Lipinski definition) is 0. The first-order valence-electron chi connectivity index (χ1n) is 20.7. The molecule has 0 fully saturated rings. The van der Waals surface area contributed by atoms with Gasteiger partial charge in [0, 0.05) is 32.7 Å². The Morgan fingerprint density at radius 3 is 0.883 bits per heavy atom. The van der Waals surface area contributed by atoms with Crippen LogP contribution in [0.1, 0.15) is 55.6 Å². The van der Waals surface area contributed by atoms with Gasteiger partial charge in [0.05, 0.1) is 10.6 Å². The van der Waals surface area contributed by atoms with Crippen LogP contribution in [0.25, 0.3) is 87.2 Å². The minimum Gasteiger partial charge on any atom is -0.415 e. The van der Waals surface area contributed by atoms with Gasteiger partial charge in [0.15, 0.2) is 0 Å². The van der Waals surface area contributed by atoms with E-state index in [-0.39, 0.29) is 0 Å². The Kier molecular flexibility index (Phi) is 9.17. The van der Waals surface area contributed by atoms with Crippen LogP contribution in [0.4, 0.5) is 0 Å². The van der Waals surface area contributed by atoms with Crippen LogP contribution in [0.15, 0.2) is 126 Å². The lowest BCUT2D eigenvalue weighted by molar-refractivity contribution is 0.646. The van der Waals surface area contributed by atoms with Gasteiger partial charge in [-0.05, 0) is 171 Å². The fourth-order valence-electron chi connectivity index (χ4n) is 9.58. The maximum absolute atomic E-state index is 7.38. The Balaban J connectivity index is 1.45. The highest BCUT2D eigenvalue weighted by atomic mass is 31.1. The molecule has 2 heterocycles. The van der Waals surface area contributed by atoms with E-state index in [2.05, 4.69) is 178 Å². The summed E-state index contributed by atoms with van der Waals surface area (Å²) >= 11 is 0. The summed E-state index contributed by atoms with van der Waals surface area (Å²) in [7, 11) is -3.47. The van der Waals surface area contributed by atoms with Gasteiger partial charge in [-0.15, -0.1) is 0 Å². The zero-order valence-corrected chi connectivity index (χ0v) is 37.7. The summed E-state index contributed by atoms with van der Waals surface area (Å²) in [5.41, 5.74) is 17.0. The Hall–Kier alpha value is -5.92. The van der Waals surface area contributed by atoms with Crippen molar-refractivity contribution in [1.29, 1.82) is 0 Å². The van der Waals surface area contributed by atoms with Crippen molar-refractivity contribution in [2.24, 2.45) is 0 Å². The van der Waals surface area contributed by atoms with E-state index in [4.69, 9.17) is 16.8 Å². The summed E-state index contributed by atoms with van der Waals surface area (Å²) in [6.07, 6.45) is 0. The quantitative estimate of drug-likeness (QED) is 0.178. The number of hydrogen-bond acceptors (Lipinski definition) is 4. The number of rotatable bonds is 3. The summed E-state index contributed by atoms with van der Waals surface area (Å²) in [6, 6.07) is 39.9. The first-order valence-corrected chi connectivity index (χ1v) is 23.0. The Bertz CT molecular complexity index is 3180. The third-order valence-electron chi connectivity index (χ3n) is 12.0. The predicted molar refractivity (Wildman–Crippen MR) is 257 cm³/mol. The molecule has 0 unspecified atom stereocenters. The molecule has 60 heavy (non-hydrogen) atoms. The van der Waals surface area contributed by atoms with Gasteiger partial charge < -0.3 is 16.8 Å². The van der Waals surface area contributed by atoms with E-state index in [1.165, 1.54) is 22.3 Å². The molecule has 0 atom stereocenters. The maximum Gasteiger partial charge on any atom is 0.253 e. The summed E-state index contributed by atoms with van der Waals surface area (Å²) in [6.45, 7) is 21.6. The predicted octanol–water partition coefficient (Wildman–Crippen LogP) is 17.9. The lowest BCUT2D eigenvalue weighted by Gasteiger charge is -2.20. The second-order valence-corrected chi connectivity index (χ2v) is 19.6. The summed E-state index contributed by atoms with van der Waals surface area (Å²) in [5.74, 6) is 0. The van der Waals surface area contributed by atoms with E-state index in [1.807, 2.05) is 0 Å². The van der Waals surface area contributed by atoms with Crippen molar-refractivity contribution in [3.8, 4) is 21.7 Å². The molecule has 4 nitrogen and oxygen atoms in total. The van der Waals surface area contributed by atoms with Gasteiger partial charge in [0.1, 0.15) is 22.3 Å². The standard InChI is InChI=1S/C54H48O4P2/c1-29-19-33(5)49-43(23-29)44-24-30(2)20-34(6)50(44)56-59(55-49)53-37(9)27-39-15-11-13-17-41(39)47(53)48-42-18-14-12-16-40(42)28-38(10)54(48)60-57-51-35(7)21-31(3)25-45(51)46-26-32(4)22-36(8)52(46)58-60/h11-28H,1-10H3. The molecule has 0 radical (unpaired) electrons. The molecule has 2 aromatic heterocycles. The summed E-state index contributed by atoms with van der Waals surface area (Å²) in [4.78, 5) is 0. The van der Waals surface area contributed by atoms with Crippen molar-refractivity contribution < 1.29 is 16.8 Å². The first kappa shape index (κ1) is 38.3. The van der Waals surface area contributed by atoms with Crippen LogP contribution in [0.5, 0.6) is 0 Å². The molecular weight excluding hydrogens is 775 g/mol. The minimum absolute atomic E-state index is 0.868. The van der Waals surface area contributed by atoms with Gasteiger partial charge in [-0.2, -0.15) is 0 Å². The van der Waals surface area contributed by atoms with E-state index in [0.29, 0.717) is 0 Å². The third kappa shape index (κ3) is 6.20. The molecule has 10 rings (SSSR count). The van der Waals surface area contributed by atoms with Crippen LogP contribution in [-0.2, 0) is 0 Å². The minimum atomic E-state index is -1.73. The van der Waals surface area contributed by atoms with Gasteiger partial charge >= 0.3 is 0 Å². The molecule has 0 amide bonds. The molecule has 10 aromatic rings. The molecule has 0 saturated carbocycles. The van der Waals surface area contributed by atoms with Gasteiger partial charge in [-0.3, -0.25) is 0 Å². The van der Waals surface area contributed by atoms with Crippen molar-refractivity contribution in [3.63, 3.8) is 0 Å². The molecule has 298 valence electrons. The first-order chi connectivity index (χ1) is 28.8. The zero-order chi connectivity index (χ0) is 41.7. The van der Waals surface area contributed by atoms with Crippen molar-refractivity contribution >= 4 is 81.4 Å². The van der Waals surface area contributed by atoms with E-state index < -0.39 is 16.0 Å². The topological polar surface area (TPSA) is 52.6 Å². The molecule has 0 bridgehead atoms. The third-order valence-corrected chi connectivity index (χ3v) is 15.3. The molecule has 0 aliphatic heterocycles. The van der Waals surface area contributed by atoms with Gasteiger partial charge in [0.25, 0.3) is 16.0 Å². The maximum atomic E-state index is 7.38. The smallest absolute Gasteiger partial charge is 0.253 e. The van der Waals surface area contributed by atoms with Gasteiger partial charge in [-0.1, -0.05) is 84.9 Å². The second kappa shape index (κ2) is 14.4. The molecule has 0 aliphatic rings. The lowest BCUT2D eigenvalue weighted by atomic mass is 9.91. The van der Waals surface area contributed by atoms with Crippen LogP contribution in [0, 0.1) is 69.2 Å². The fraction of sp³-hybridized carbons (Fsp3) is 0.185. The average molecular weight is 823 g/mol. The zero-order valence-electron chi connectivity index (χ0n) is 35.9.